The van der Waals surface area contributed by atoms with Gasteiger partial charge in [-0.15, -0.1) is 0 Å². The lowest BCUT2D eigenvalue weighted by Crippen LogP contribution is -2.44. The predicted molar refractivity (Wildman–Crippen MR) is 91.0 cm³/mol. The Kier molecular flexibility index (Phi) is 5.45. The maximum atomic E-state index is 13.2. The van der Waals surface area contributed by atoms with E-state index < -0.39 is 0 Å². The van der Waals surface area contributed by atoms with Crippen LogP contribution in [0, 0.1) is 5.92 Å². The summed E-state index contributed by atoms with van der Waals surface area (Å²) in [7, 11) is 1.77. The predicted octanol–water partition coefficient (Wildman–Crippen LogP) is 1.03. The van der Waals surface area contributed by atoms with Crippen molar-refractivity contribution in [1.29, 1.82) is 0 Å². The maximum absolute atomic E-state index is 13.2. The highest BCUT2D eigenvalue weighted by molar-refractivity contribution is 5.89. The van der Waals surface area contributed by atoms with Crippen molar-refractivity contribution in [1.82, 2.24) is 20.1 Å². The molecule has 6 nitrogen and oxygen atoms in total. The van der Waals surface area contributed by atoms with Gasteiger partial charge in [-0.25, -0.2) is 0 Å². The first kappa shape index (κ1) is 16.9. The van der Waals surface area contributed by atoms with Crippen LogP contribution in [0.5, 0.6) is 0 Å². The zero-order valence-corrected chi connectivity index (χ0v) is 14.3. The standard InChI is InChI=1S/C18H26N4O2/c1-21-12-14(11-17(21)23)18(24)22(13-15-5-2-3-9-20-15)16-6-4-8-19-10-7-16/h2-3,5,9,14,16,19H,4,6-8,10-13H2,1H3. The molecule has 2 aliphatic rings. The minimum atomic E-state index is -0.220. The Morgan fingerprint density at radius 1 is 1.38 bits per heavy atom. The Labute approximate surface area is 143 Å². The van der Waals surface area contributed by atoms with E-state index in [1.807, 2.05) is 23.1 Å². The Hall–Kier alpha value is -1.95. The molecule has 2 unspecified atom stereocenters. The van der Waals surface area contributed by atoms with Gasteiger partial charge in [0.2, 0.25) is 11.8 Å². The van der Waals surface area contributed by atoms with Crippen LogP contribution in [0.1, 0.15) is 31.4 Å². The van der Waals surface area contributed by atoms with Crippen molar-refractivity contribution in [3.8, 4) is 0 Å². The van der Waals surface area contributed by atoms with Crippen molar-refractivity contribution in [2.24, 2.45) is 5.92 Å². The molecule has 2 aliphatic heterocycles. The molecule has 0 aliphatic carbocycles. The number of aromatic nitrogens is 1. The molecule has 24 heavy (non-hydrogen) atoms. The third-order valence-electron chi connectivity index (χ3n) is 5.02. The largest absolute Gasteiger partial charge is 0.345 e. The molecule has 2 fully saturated rings. The van der Waals surface area contributed by atoms with Crippen molar-refractivity contribution < 1.29 is 9.59 Å². The fraction of sp³-hybridized carbons (Fsp3) is 0.611. The molecule has 1 aromatic heterocycles. The molecule has 6 heteroatoms. The summed E-state index contributed by atoms with van der Waals surface area (Å²) in [5.41, 5.74) is 0.903. The normalized spacial score (nSPS) is 24.7. The molecular weight excluding hydrogens is 304 g/mol. The van der Waals surface area contributed by atoms with E-state index >= 15 is 0 Å². The Bertz CT molecular complexity index is 570. The number of amides is 2. The number of nitrogens with zero attached hydrogens (tertiary/aromatic N) is 3. The van der Waals surface area contributed by atoms with Gasteiger partial charge >= 0.3 is 0 Å². The van der Waals surface area contributed by atoms with Crippen LogP contribution in [0.4, 0.5) is 0 Å². The van der Waals surface area contributed by atoms with Gasteiger partial charge in [0, 0.05) is 32.3 Å². The van der Waals surface area contributed by atoms with E-state index in [0.717, 1.165) is 38.0 Å². The average molecular weight is 330 g/mol. The molecule has 1 aromatic rings. The van der Waals surface area contributed by atoms with E-state index in [-0.39, 0.29) is 23.8 Å². The molecule has 130 valence electrons. The smallest absolute Gasteiger partial charge is 0.228 e. The average Bonchev–Trinajstić information content (AvgIpc) is 2.80. The lowest BCUT2D eigenvalue weighted by atomic mass is 10.0. The van der Waals surface area contributed by atoms with Crippen LogP contribution in [0.15, 0.2) is 24.4 Å². The third kappa shape index (κ3) is 3.93. The van der Waals surface area contributed by atoms with E-state index in [9.17, 15) is 9.59 Å². The first-order valence-corrected chi connectivity index (χ1v) is 8.80. The molecule has 0 aromatic carbocycles. The number of carbonyl (C=O) groups excluding carboxylic acids is 2. The number of pyridine rings is 1. The SMILES string of the molecule is CN1CC(C(=O)N(Cc2ccccn2)C2CCCNCC2)CC1=O. The molecule has 0 spiro atoms. The van der Waals surface area contributed by atoms with Crippen LogP contribution < -0.4 is 5.32 Å². The summed E-state index contributed by atoms with van der Waals surface area (Å²) >= 11 is 0. The molecule has 2 atom stereocenters. The molecule has 3 rings (SSSR count). The third-order valence-corrected chi connectivity index (χ3v) is 5.02. The second-order valence-electron chi connectivity index (χ2n) is 6.80. The van der Waals surface area contributed by atoms with E-state index in [4.69, 9.17) is 0 Å². The van der Waals surface area contributed by atoms with Gasteiger partial charge in [-0.2, -0.15) is 0 Å². The van der Waals surface area contributed by atoms with Crippen LogP contribution in [-0.2, 0) is 16.1 Å². The maximum Gasteiger partial charge on any atom is 0.228 e. The van der Waals surface area contributed by atoms with Crippen LogP contribution >= 0.6 is 0 Å². The van der Waals surface area contributed by atoms with Crippen molar-refractivity contribution in [2.75, 3.05) is 26.7 Å². The van der Waals surface area contributed by atoms with Gasteiger partial charge in [0.15, 0.2) is 0 Å². The summed E-state index contributed by atoms with van der Waals surface area (Å²) in [6.45, 7) is 2.99. The second kappa shape index (κ2) is 7.75. The minimum absolute atomic E-state index is 0.0636. The first-order valence-electron chi connectivity index (χ1n) is 8.80. The van der Waals surface area contributed by atoms with E-state index in [1.165, 1.54) is 0 Å². The van der Waals surface area contributed by atoms with Crippen molar-refractivity contribution in [2.45, 2.75) is 38.3 Å². The second-order valence-corrected chi connectivity index (χ2v) is 6.80. The molecular formula is C18H26N4O2. The highest BCUT2D eigenvalue weighted by Crippen LogP contribution is 2.24. The van der Waals surface area contributed by atoms with Gasteiger partial charge in [-0.05, 0) is 44.5 Å². The number of rotatable bonds is 4. The molecule has 0 bridgehead atoms. The number of likely N-dealkylation sites (tertiary alicyclic amines) is 1. The summed E-state index contributed by atoms with van der Waals surface area (Å²) in [6, 6.07) is 6.01. The van der Waals surface area contributed by atoms with Gasteiger partial charge < -0.3 is 15.1 Å². The van der Waals surface area contributed by atoms with Crippen molar-refractivity contribution in [3.05, 3.63) is 30.1 Å². The summed E-state index contributed by atoms with van der Waals surface area (Å²) in [4.78, 5) is 33.0. The zero-order chi connectivity index (χ0) is 16.9. The van der Waals surface area contributed by atoms with Gasteiger partial charge in [-0.1, -0.05) is 6.07 Å². The van der Waals surface area contributed by atoms with Crippen molar-refractivity contribution >= 4 is 11.8 Å². The van der Waals surface area contributed by atoms with E-state index in [0.29, 0.717) is 19.5 Å². The lowest BCUT2D eigenvalue weighted by molar-refractivity contribution is -0.139. The molecule has 0 radical (unpaired) electrons. The minimum Gasteiger partial charge on any atom is -0.345 e. The number of hydrogen-bond donors (Lipinski definition) is 1. The Morgan fingerprint density at radius 3 is 2.96 bits per heavy atom. The molecule has 2 saturated heterocycles. The number of nitrogens with one attached hydrogen (secondary N) is 1. The quantitative estimate of drug-likeness (QED) is 0.895. The van der Waals surface area contributed by atoms with Crippen LogP contribution in [0.25, 0.3) is 0 Å². The van der Waals surface area contributed by atoms with Gasteiger partial charge in [0.05, 0.1) is 18.2 Å². The number of carbonyl (C=O) groups is 2. The van der Waals surface area contributed by atoms with Crippen molar-refractivity contribution in [3.63, 3.8) is 0 Å². The number of hydrogen-bond acceptors (Lipinski definition) is 4. The molecule has 0 saturated carbocycles. The van der Waals surface area contributed by atoms with Gasteiger partial charge in [-0.3, -0.25) is 14.6 Å². The summed E-state index contributed by atoms with van der Waals surface area (Å²) in [5, 5.41) is 3.40. The van der Waals surface area contributed by atoms with E-state index in [1.54, 1.807) is 18.1 Å². The molecule has 3 heterocycles. The fourth-order valence-corrected chi connectivity index (χ4v) is 3.63. The Balaban J connectivity index is 1.78. The van der Waals surface area contributed by atoms with Gasteiger partial charge in [0.1, 0.15) is 0 Å². The zero-order valence-electron chi connectivity index (χ0n) is 14.3. The summed E-state index contributed by atoms with van der Waals surface area (Å²) < 4.78 is 0. The molecule has 2 amide bonds. The van der Waals surface area contributed by atoms with Gasteiger partial charge in [0.25, 0.3) is 0 Å². The highest BCUT2D eigenvalue weighted by Gasteiger charge is 2.37. The lowest BCUT2D eigenvalue weighted by Gasteiger charge is -2.33. The topological polar surface area (TPSA) is 65.5 Å². The van der Waals surface area contributed by atoms with E-state index in [2.05, 4.69) is 10.3 Å². The highest BCUT2D eigenvalue weighted by atomic mass is 16.2. The van der Waals surface area contributed by atoms with Crippen LogP contribution in [0.2, 0.25) is 0 Å². The Morgan fingerprint density at radius 2 is 2.25 bits per heavy atom. The molecule has 1 N–H and O–H groups in total. The summed E-state index contributed by atoms with van der Waals surface area (Å²) in [6.07, 6.45) is 5.12. The summed E-state index contributed by atoms with van der Waals surface area (Å²) in [5.74, 6) is -0.0543. The van der Waals surface area contributed by atoms with Crippen LogP contribution in [-0.4, -0.2) is 59.3 Å². The fourth-order valence-electron chi connectivity index (χ4n) is 3.63. The van der Waals surface area contributed by atoms with Crippen LogP contribution in [0.3, 0.4) is 0 Å². The monoisotopic (exact) mass is 330 g/mol. The first-order chi connectivity index (χ1) is 11.6.